The summed E-state index contributed by atoms with van der Waals surface area (Å²) in [4.78, 5) is 20.7. The van der Waals surface area contributed by atoms with Gasteiger partial charge in [0.15, 0.2) is 10.6 Å². The van der Waals surface area contributed by atoms with Gasteiger partial charge in [-0.25, -0.2) is 9.97 Å². The van der Waals surface area contributed by atoms with Crippen molar-refractivity contribution in [3.05, 3.63) is 24.4 Å². The number of ether oxygens (including phenoxy) is 2. The Bertz CT molecular complexity index is 947. The minimum Gasteiger partial charge on any atom is -0.484 e. The predicted molar refractivity (Wildman–Crippen MR) is 102 cm³/mol. The number of amides is 1. The van der Waals surface area contributed by atoms with Gasteiger partial charge in [0.1, 0.15) is 12.1 Å². The van der Waals surface area contributed by atoms with Crippen LogP contribution in [0.2, 0.25) is 0 Å². The van der Waals surface area contributed by atoms with Crippen molar-refractivity contribution < 1.29 is 18.7 Å². The molecule has 7 nitrogen and oxygen atoms in total. The van der Waals surface area contributed by atoms with E-state index in [1.807, 2.05) is 19.1 Å². The summed E-state index contributed by atoms with van der Waals surface area (Å²) < 4.78 is 17.3. The van der Waals surface area contributed by atoms with Gasteiger partial charge in [0.05, 0.1) is 23.7 Å². The maximum atomic E-state index is 11.0. The van der Waals surface area contributed by atoms with Crippen LogP contribution in [-0.4, -0.2) is 35.1 Å². The topological polar surface area (TPSA) is 86.5 Å². The smallest absolute Gasteiger partial charge is 0.237 e. The Labute approximate surface area is 160 Å². The summed E-state index contributed by atoms with van der Waals surface area (Å²) >= 11 is 1.52. The van der Waals surface area contributed by atoms with E-state index in [-0.39, 0.29) is 11.9 Å². The fourth-order valence-electron chi connectivity index (χ4n) is 2.59. The van der Waals surface area contributed by atoms with Crippen molar-refractivity contribution in [1.82, 2.24) is 15.3 Å². The first-order valence-electron chi connectivity index (χ1n) is 8.96. The van der Waals surface area contributed by atoms with Gasteiger partial charge in [0, 0.05) is 13.0 Å². The number of nitrogens with zero attached hydrogens (tertiary/aromatic N) is 2. The van der Waals surface area contributed by atoms with Gasteiger partial charge in [-0.05, 0) is 37.8 Å². The van der Waals surface area contributed by atoms with Crippen molar-refractivity contribution in [2.24, 2.45) is 5.92 Å². The summed E-state index contributed by atoms with van der Waals surface area (Å²) in [5.74, 6) is 1.60. The molecule has 0 aromatic carbocycles. The highest BCUT2D eigenvalue weighted by Crippen LogP contribution is 2.36. The van der Waals surface area contributed by atoms with E-state index in [1.165, 1.54) is 31.1 Å². The van der Waals surface area contributed by atoms with Crippen LogP contribution in [0.1, 0.15) is 26.7 Å². The first kappa shape index (κ1) is 17.8. The molecule has 142 valence electrons. The van der Waals surface area contributed by atoms with Gasteiger partial charge in [-0.2, -0.15) is 0 Å². The molecule has 1 saturated carbocycles. The number of nitrogens with one attached hydrogen (secondary N) is 1. The fraction of sp³-hybridized carbons (Fsp3) is 0.421. The Morgan fingerprint density at radius 2 is 2.26 bits per heavy atom. The zero-order valence-corrected chi connectivity index (χ0v) is 16.0. The third-order valence-corrected chi connectivity index (χ3v) is 5.12. The van der Waals surface area contributed by atoms with Crippen molar-refractivity contribution >= 4 is 28.3 Å². The van der Waals surface area contributed by atoms with E-state index in [9.17, 15) is 4.79 Å². The number of oxazole rings is 1. The number of hydrogen-bond acceptors (Lipinski definition) is 7. The third-order valence-electron chi connectivity index (χ3n) is 4.13. The lowest BCUT2D eigenvalue weighted by molar-refractivity contribution is -0.119. The number of carbonyl (C=O) groups excluding carboxylic acids is 1. The van der Waals surface area contributed by atoms with Gasteiger partial charge in [-0.3, -0.25) is 4.79 Å². The van der Waals surface area contributed by atoms with Crippen LogP contribution in [-0.2, 0) is 4.79 Å². The lowest BCUT2D eigenvalue weighted by atomic mass is 10.3. The number of hydrogen-bond donors (Lipinski definition) is 1. The summed E-state index contributed by atoms with van der Waals surface area (Å²) in [6.07, 6.45) is 4.16. The van der Waals surface area contributed by atoms with Gasteiger partial charge in [0.25, 0.3) is 0 Å². The molecule has 1 aliphatic carbocycles. The molecule has 3 heterocycles. The van der Waals surface area contributed by atoms with Crippen LogP contribution in [0.25, 0.3) is 21.9 Å². The highest BCUT2D eigenvalue weighted by Gasteiger charge is 2.22. The molecular formula is C19H21N3O4S. The summed E-state index contributed by atoms with van der Waals surface area (Å²) in [6.45, 7) is 4.46. The molecular weight excluding hydrogens is 366 g/mol. The van der Waals surface area contributed by atoms with E-state index in [1.54, 1.807) is 12.3 Å². The second-order valence-electron chi connectivity index (χ2n) is 6.79. The Hall–Kier alpha value is -2.61. The quantitative estimate of drug-likeness (QED) is 0.635. The summed E-state index contributed by atoms with van der Waals surface area (Å²) in [7, 11) is 0. The highest BCUT2D eigenvalue weighted by atomic mass is 32.1. The predicted octanol–water partition coefficient (Wildman–Crippen LogP) is 3.64. The summed E-state index contributed by atoms with van der Waals surface area (Å²) in [5.41, 5.74) is 1.28. The molecule has 1 amide bonds. The van der Waals surface area contributed by atoms with Gasteiger partial charge < -0.3 is 19.2 Å². The van der Waals surface area contributed by atoms with Crippen molar-refractivity contribution in [3.8, 4) is 21.7 Å². The number of aromatic nitrogens is 2. The van der Waals surface area contributed by atoms with Crippen LogP contribution in [0.15, 0.2) is 28.8 Å². The molecule has 1 N–H and O–H groups in total. The number of fused-ring (bicyclic) bond motifs is 1. The SMILES string of the molecule is CC(=O)N[C@@H](C)COc1cc2oc(-c3ccc(OCC4CC4)s3)nc2cn1. The number of pyridine rings is 1. The van der Waals surface area contributed by atoms with Crippen molar-refractivity contribution in [1.29, 1.82) is 0 Å². The van der Waals surface area contributed by atoms with Crippen LogP contribution >= 0.6 is 11.3 Å². The van der Waals surface area contributed by atoms with Crippen LogP contribution < -0.4 is 14.8 Å². The van der Waals surface area contributed by atoms with E-state index in [0.717, 1.165) is 22.5 Å². The summed E-state index contributed by atoms with van der Waals surface area (Å²) in [5, 5.41) is 3.64. The molecule has 3 aromatic heterocycles. The lowest BCUT2D eigenvalue weighted by Crippen LogP contribution is -2.35. The zero-order valence-electron chi connectivity index (χ0n) is 15.2. The largest absolute Gasteiger partial charge is 0.484 e. The molecule has 1 atom stereocenters. The normalized spacial score (nSPS) is 14.9. The average molecular weight is 387 g/mol. The van der Waals surface area contributed by atoms with Crippen LogP contribution in [0, 0.1) is 5.92 Å². The monoisotopic (exact) mass is 387 g/mol. The fourth-order valence-corrected chi connectivity index (χ4v) is 3.38. The van der Waals surface area contributed by atoms with Gasteiger partial charge in [-0.15, -0.1) is 0 Å². The van der Waals surface area contributed by atoms with E-state index >= 15 is 0 Å². The van der Waals surface area contributed by atoms with Crippen LogP contribution in [0.3, 0.4) is 0 Å². The first-order chi connectivity index (χ1) is 13.1. The molecule has 0 bridgehead atoms. The maximum Gasteiger partial charge on any atom is 0.237 e. The Kier molecular flexibility index (Phi) is 4.98. The lowest BCUT2D eigenvalue weighted by Gasteiger charge is -2.12. The molecule has 4 rings (SSSR count). The maximum absolute atomic E-state index is 11.0. The van der Waals surface area contributed by atoms with Crippen molar-refractivity contribution in [3.63, 3.8) is 0 Å². The Morgan fingerprint density at radius 1 is 1.41 bits per heavy atom. The average Bonchev–Trinajstić information content (AvgIpc) is 3.17. The minimum atomic E-state index is -0.106. The van der Waals surface area contributed by atoms with Gasteiger partial charge in [-0.1, -0.05) is 11.3 Å². The Morgan fingerprint density at radius 3 is 3.04 bits per heavy atom. The molecule has 0 radical (unpaired) electrons. The van der Waals surface area contributed by atoms with Gasteiger partial charge >= 0.3 is 0 Å². The molecule has 1 fully saturated rings. The molecule has 0 spiro atoms. The molecule has 0 unspecified atom stereocenters. The highest BCUT2D eigenvalue weighted by molar-refractivity contribution is 7.17. The first-order valence-corrected chi connectivity index (χ1v) is 9.78. The standard InChI is InChI=1S/C19H21N3O4S/c1-11(21-12(2)23)9-24-17-7-15-14(8-20-17)22-19(26-15)16-5-6-18(27-16)25-10-13-3-4-13/h5-8,11,13H,3-4,9-10H2,1-2H3,(H,21,23)/t11-/m0/s1. The molecule has 0 saturated heterocycles. The summed E-state index contributed by atoms with van der Waals surface area (Å²) in [6, 6.07) is 5.51. The van der Waals surface area contributed by atoms with Crippen LogP contribution in [0.5, 0.6) is 10.9 Å². The molecule has 0 aliphatic heterocycles. The van der Waals surface area contributed by atoms with Crippen molar-refractivity contribution in [2.45, 2.75) is 32.7 Å². The van der Waals surface area contributed by atoms with Crippen molar-refractivity contribution in [2.75, 3.05) is 13.2 Å². The number of thiophene rings is 1. The molecule has 27 heavy (non-hydrogen) atoms. The van der Waals surface area contributed by atoms with E-state index < -0.39 is 0 Å². The second-order valence-corrected chi connectivity index (χ2v) is 7.84. The zero-order chi connectivity index (χ0) is 18.8. The number of rotatable bonds is 8. The Balaban J connectivity index is 1.43. The molecule has 1 aliphatic rings. The van der Waals surface area contributed by atoms with E-state index in [2.05, 4.69) is 15.3 Å². The van der Waals surface area contributed by atoms with E-state index in [4.69, 9.17) is 13.9 Å². The van der Waals surface area contributed by atoms with Gasteiger partial charge in [0.2, 0.25) is 17.7 Å². The number of carbonyl (C=O) groups is 1. The second kappa shape index (κ2) is 7.56. The van der Waals surface area contributed by atoms with Crippen LogP contribution in [0.4, 0.5) is 0 Å². The molecule has 3 aromatic rings. The molecule has 8 heteroatoms. The minimum absolute atomic E-state index is 0.0918. The van der Waals surface area contributed by atoms with E-state index in [0.29, 0.717) is 29.5 Å². The third kappa shape index (κ3) is 4.57.